The molecule has 1 atom stereocenters. The van der Waals surface area contributed by atoms with E-state index in [2.05, 4.69) is 37.5 Å². The molecule has 10 heteroatoms. The zero-order valence-electron chi connectivity index (χ0n) is 21.4. The van der Waals surface area contributed by atoms with Crippen molar-refractivity contribution in [2.24, 2.45) is 0 Å². The molecule has 0 bridgehead atoms. The second kappa shape index (κ2) is 12.3. The van der Waals surface area contributed by atoms with E-state index in [0.29, 0.717) is 30.9 Å². The second-order valence-electron chi connectivity index (χ2n) is 8.71. The summed E-state index contributed by atoms with van der Waals surface area (Å²) >= 11 is 0. The number of carbonyl (C=O) groups is 1. The lowest BCUT2D eigenvalue weighted by atomic mass is 10.1. The Morgan fingerprint density at radius 2 is 1.95 bits per heavy atom. The van der Waals surface area contributed by atoms with Gasteiger partial charge in [-0.3, -0.25) is 14.5 Å². The van der Waals surface area contributed by atoms with Crippen LogP contribution in [-0.4, -0.2) is 56.3 Å². The van der Waals surface area contributed by atoms with Crippen LogP contribution in [-0.2, 0) is 29.0 Å². The standard InChI is InChI=1S/C27H32N6O4/c1-4-24(26-29-30-31-33(26)18-25(34)37-5-2)32(14-13-19-9-7-6-8-10-19)17-21-15-20-16-22(36-3)11-12-23(20)28-27(21)35/h6-12,15-16,24H,4-5,13-14,17-18H2,1-3H3,(H,28,35). The molecule has 2 aromatic heterocycles. The summed E-state index contributed by atoms with van der Waals surface area (Å²) < 4.78 is 11.9. The number of aromatic amines is 1. The molecule has 0 aliphatic carbocycles. The quantitative estimate of drug-likeness (QED) is 0.292. The normalized spacial score (nSPS) is 12.1. The highest BCUT2D eigenvalue weighted by molar-refractivity contribution is 5.80. The first-order chi connectivity index (χ1) is 18.0. The van der Waals surface area contributed by atoms with Crippen LogP contribution in [0.15, 0.2) is 59.4 Å². The molecule has 1 unspecified atom stereocenters. The molecule has 37 heavy (non-hydrogen) atoms. The minimum atomic E-state index is -0.401. The number of tetrazole rings is 1. The molecule has 0 spiro atoms. The molecule has 4 rings (SSSR count). The summed E-state index contributed by atoms with van der Waals surface area (Å²) in [6, 6.07) is 17.4. The minimum Gasteiger partial charge on any atom is -0.497 e. The van der Waals surface area contributed by atoms with Crippen LogP contribution in [0.4, 0.5) is 0 Å². The van der Waals surface area contributed by atoms with Crippen molar-refractivity contribution in [1.29, 1.82) is 0 Å². The molecular formula is C27H32N6O4. The summed E-state index contributed by atoms with van der Waals surface area (Å²) in [7, 11) is 1.62. The van der Waals surface area contributed by atoms with E-state index >= 15 is 0 Å². The monoisotopic (exact) mass is 504 g/mol. The third-order valence-electron chi connectivity index (χ3n) is 6.30. The Bertz CT molecular complexity index is 1380. The van der Waals surface area contributed by atoms with Gasteiger partial charge in [0.15, 0.2) is 5.82 Å². The Labute approximate surface area is 215 Å². The highest BCUT2D eigenvalue weighted by Crippen LogP contribution is 2.25. The fourth-order valence-corrected chi connectivity index (χ4v) is 4.45. The van der Waals surface area contributed by atoms with Crippen molar-refractivity contribution in [2.45, 2.75) is 45.8 Å². The number of ether oxygens (including phenoxy) is 2. The maximum Gasteiger partial charge on any atom is 0.327 e. The fraction of sp³-hybridized carbons (Fsp3) is 0.370. The Morgan fingerprint density at radius 1 is 1.14 bits per heavy atom. The fourth-order valence-electron chi connectivity index (χ4n) is 4.45. The van der Waals surface area contributed by atoms with E-state index in [1.807, 2.05) is 49.4 Å². The summed E-state index contributed by atoms with van der Waals surface area (Å²) in [4.78, 5) is 30.4. The number of esters is 1. The minimum absolute atomic E-state index is 0.0739. The van der Waals surface area contributed by atoms with Crippen LogP contribution in [0.2, 0.25) is 0 Å². The molecule has 4 aromatic rings. The number of carbonyl (C=O) groups excluding carboxylic acids is 1. The molecule has 10 nitrogen and oxygen atoms in total. The lowest BCUT2D eigenvalue weighted by molar-refractivity contribution is -0.144. The van der Waals surface area contributed by atoms with Crippen LogP contribution in [0.5, 0.6) is 5.75 Å². The van der Waals surface area contributed by atoms with Crippen molar-refractivity contribution < 1.29 is 14.3 Å². The summed E-state index contributed by atoms with van der Waals surface area (Å²) in [5, 5.41) is 13.0. The summed E-state index contributed by atoms with van der Waals surface area (Å²) in [5.41, 5.74) is 2.40. The third-order valence-corrected chi connectivity index (χ3v) is 6.30. The Morgan fingerprint density at radius 3 is 2.68 bits per heavy atom. The predicted molar refractivity (Wildman–Crippen MR) is 139 cm³/mol. The number of aromatic nitrogens is 5. The molecule has 2 aromatic carbocycles. The van der Waals surface area contributed by atoms with Crippen LogP contribution >= 0.6 is 0 Å². The lowest BCUT2D eigenvalue weighted by Gasteiger charge is -2.30. The molecule has 1 N–H and O–H groups in total. The molecule has 0 amide bonds. The topological polar surface area (TPSA) is 115 Å². The lowest BCUT2D eigenvalue weighted by Crippen LogP contribution is -2.34. The maximum atomic E-state index is 13.1. The SMILES string of the molecule is CCOC(=O)Cn1nnnc1C(CC)N(CCc1ccccc1)Cc1cc2cc(OC)ccc2[nH]c1=O. The van der Waals surface area contributed by atoms with Gasteiger partial charge in [0.05, 0.1) is 19.8 Å². The van der Waals surface area contributed by atoms with Gasteiger partial charge >= 0.3 is 5.97 Å². The molecule has 0 radical (unpaired) electrons. The van der Waals surface area contributed by atoms with Crippen molar-refractivity contribution >= 4 is 16.9 Å². The van der Waals surface area contributed by atoms with E-state index in [1.54, 1.807) is 14.0 Å². The van der Waals surface area contributed by atoms with E-state index < -0.39 is 5.97 Å². The highest BCUT2D eigenvalue weighted by atomic mass is 16.5. The Kier molecular flexibility index (Phi) is 8.63. The number of rotatable bonds is 12. The van der Waals surface area contributed by atoms with Gasteiger partial charge in [-0.2, -0.15) is 0 Å². The van der Waals surface area contributed by atoms with Crippen molar-refractivity contribution in [3.63, 3.8) is 0 Å². The van der Waals surface area contributed by atoms with E-state index in [9.17, 15) is 9.59 Å². The molecule has 194 valence electrons. The number of nitrogens with one attached hydrogen (secondary N) is 1. The Hall–Kier alpha value is -4.05. The number of H-pyrrole nitrogens is 1. The summed E-state index contributed by atoms with van der Waals surface area (Å²) in [6.45, 7) is 5.04. The molecule has 0 saturated carbocycles. The predicted octanol–water partition coefficient (Wildman–Crippen LogP) is 3.28. The van der Waals surface area contributed by atoms with Gasteiger partial charge in [0, 0.05) is 29.6 Å². The number of pyridine rings is 1. The van der Waals surface area contributed by atoms with Gasteiger partial charge in [0.2, 0.25) is 0 Å². The van der Waals surface area contributed by atoms with Crippen LogP contribution in [0.3, 0.4) is 0 Å². The van der Waals surface area contributed by atoms with Gasteiger partial charge < -0.3 is 14.5 Å². The second-order valence-corrected chi connectivity index (χ2v) is 8.71. The summed E-state index contributed by atoms with van der Waals surface area (Å²) in [6.07, 6.45) is 1.45. The average Bonchev–Trinajstić information content (AvgIpc) is 3.35. The van der Waals surface area contributed by atoms with Gasteiger partial charge in [-0.25, -0.2) is 4.68 Å². The summed E-state index contributed by atoms with van der Waals surface area (Å²) in [5.74, 6) is 0.875. The van der Waals surface area contributed by atoms with Crippen LogP contribution in [0, 0.1) is 0 Å². The van der Waals surface area contributed by atoms with Gasteiger partial charge in [0.25, 0.3) is 5.56 Å². The molecular weight excluding hydrogens is 472 g/mol. The van der Waals surface area contributed by atoms with E-state index in [4.69, 9.17) is 9.47 Å². The van der Waals surface area contributed by atoms with E-state index in [-0.39, 0.29) is 24.8 Å². The molecule has 0 aliphatic heterocycles. The Balaban J connectivity index is 1.68. The van der Waals surface area contributed by atoms with Crippen molar-refractivity contribution in [1.82, 2.24) is 30.1 Å². The third kappa shape index (κ3) is 6.39. The number of benzene rings is 2. The molecule has 0 aliphatic rings. The van der Waals surface area contributed by atoms with E-state index in [0.717, 1.165) is 23.1 Å². The van der Waals surface area contributed by atoms with Crippen molar-refractivity contribution in [2.75, 3.05) is 20.3 Å². The first-order valence-corrected chi connectivity index (χ1v) is 12.4. The maximum absolute atomic E-state index is 13.1. The van der Waals surface area contributed by atoms with Crippen LogP contribution in [0.25, 0.3) is 10.9 Å². The molecule has 0 saturated heterocycles. The largest absolute Gasteiger partial charge is 0.497 e. The number of hydrogen-bond acceptors (Lipinski definition) is 8. The number of hydrogen-bond donors (Lipinski definition) is 1. The average molecular weight is 505 g/mol. The first-order valence-electron chi connectivity index (χ1n) is 12.4. The molecule has 0 fully saturated rings. The smallest absolute Gasteiger partial charge is 0.327 e. The number of fused-ring (bicyclic) bond motifs is 1. The first kappa shape index (κ1) is 26.0. The van der Waals surface area contributed by atoms with Gasteiger partial charge in [0.1, 0.15) is 12.3 Å². The van der Waals surface area contributed by atoms with Crippen LogP contribution < -0.4 is 10.3 Å². The van der Waals surface area contributed by atoms with E-state index in [1.165, 1.54) is 10.2 Å². The number of nitrogens with zero attached hydrogens (tertiary/aromatic N) is 5. The van der Waals surface area contributed by atoms with Gasteiger partial charge in [-0.1, -0.05) is 37.3 Å². The van der Waals surface area contributed by atoms with Crippen molar-refractivity contribution in [3.05, 3.63) is 81.9 Å². The van der Waals surface area contributed by atoms with Crippen molar-refractivity contribution in [3.8, 4) is 5.75 Å². The zero-order valence-corrected chi connectivity index (χ0v) is 21.4. The zero-order chi connectivity index (χ0) is 26.2. The van der Waals surface area contributed by atoms with Gasteiger partial charge in [-0.05, 0) is 60.0 Å². The highest BCUT2D eigenvalue weighted by Gasteiger charge is 2.26. The molecule has 2 heterocycles. The van der Waals surface area contributed by atoms with Crippen LogP contribution in [0.1, 0.15) is 43.3 Å². The van der Waals surface area contributed by atoms with Gasteiger partial charge in [-0.15, -0.1) is 5.10 Å². The number of methoxy groups -OCH3 is 1.